The SMILES string of the molecule is C=C(c1cn(CC)nc1OCF)c1cn(C)nc1-c1ccc(F)cc1[C@@H](C)Oc1cc(Br)cnc1[N+](=O)[O-]. The maximum absolute atomic E-state index is 14.5. The summed E-state index contributed by atoms with van der Waals surface area (Å²) < 4.78 is 42.1. The molecule has 0 bridgehead atoms. The molecule has 1 aromatic carbocycles. The van der Waals surface area contributed by atoms with Gasteiger partial charge in [-0.15, -0.1) is 5.10 Å². The zero-order valence-corrected chi connectivity index (χ0v) is 22.3. The van der Waals surface area contributed by atoms with Crippen LogP contribution in [0.5, 0.6) is 11.6 Å². The summed E-state index contributed by atoms with van der Waals surface area (Å²) in [6.45, 7) is 7.17. The third kappa shape index (κ3) is 5.42. The van der Waals surface area contributed by atoms with E-state index in [0.29, 0.717) is 44.5 Å². The van der Waals surface area contributed by atoms with Gasteiger partial charge in [0.25, 0.3) is 0 Å². The minimum Gasteiger partial charge on any atom is -0.478 e. The van der Waals surface area contributed by atoms with E-state index in [0.717, 1.165) is 0 Å². The van der Waals surface area contributed by atoms with Crippen molar-refractivity contribution in [1.82, 2.24) is 24.5 Å². The lowest BCUT2D eigenvalue weighted by Crippen LogP contribution is -2.08. The largest absolute Gasteiger partial charge is 0.478 e. The predicted octanol–water partition coefficient (Wildman–Crippen LogP) is 6.02. The molecule has 1 atom stereocenters. The molecule has 0 aliphatic rings. The van der Waals surface area contributed by atoms with Gasteiger partial charge in [0.1, 0.15) is 17.6 Å². The van der Waals surface area contributed by atoms with Crippen molar-refractivity contribution in [3.8, 4) is 22.9 Å². The molecule has 3 aromatic heterocycles. The van der Waals surface area contributed by atoms with Gasteiger partial charge in [0.05, 0.1) is 10.0 Å². The summed E-state index contributed by atoms with van der Waals surface area (Å²) in [5.74, 6) is -1.00. The Morgan fingerprint density at radius 3 is 2.71 bits per heavy atom. The Morgan fingerprint density at radius 1 is 1.26 bits per heavy atom. The summed E-state index contributed by atoms with van der Waals surface area (Å²) in [6, 6.07) is 5.53. The first-order valence-corrected chi connectivity index (χ1v) is 12.2. The summed E-state index contributed by atoms with van der Waals surface area (Å²) >= 11 is 3.24. The predicted molar refractivity (Wildman–Crippen MR) is 139 cm³/mol. The molecule has 0 spiro atoms. The van der Waals surface area contributed by atoms with Crippen molar-refractivity contribution in [2.24, 2.45) is 7.05 Å². The van der Waals surface area contributed by atoms with Crippen molar-refractivity contribution in [1.29, 1.82) is 0 Å². The Morgan fingerprint density at radius 2 is 2.03 bits per heavy atom. The van der Waals surface area contributed by atoms with Crippen molar-refractivity contribution in [2.75, 3.05) is 6.86 Å². The van der Waals surface area contributed by atoms with Gasteiger partial charge in [-0.1, -0.05) is 6.58 Å². The standard InChI is InChI=1S/C25H23BrF2N6O4/c1-5-33-12-21(25(31-33)37-13-27)14(2)20-11-32(4)30-23(20)18-7-6-17(28)9-19(18)15(3)38-22-8-16(26)10-29-24(22)34(35)36/h6-12,15H,2,5,13H2,1,3-4H3/t15-/m1/s1. The van der Waals surface area contributed by atoms with Gasteiger partial charge in [-0.05, 0) is 63.5 Å². The number of aryl methyl sites for hydroxylation is 2. The molecule has 38 heavy (non-hydrogen) atoms. The van der Waals surface area contributed by atoms with Crippen LogP contribution in [-0.2, 0) is 13.6 Å². The number of pyridine rings is 1. The Balaban J connectivity index is 1.79. The highest BCUT2D eigenvalue weighted by atomic mass is 79.9. The average molecular weight is 589 g/mol. The van der Waals surface area contributed by atoms with Gasteiger partial charge in [0.2, 0.25) is 18.5 Å². The second-order valence-electron chi connectivity index (χ2n) is 8.22. The molecule has 3 heterocycles. The number of halogens is 3. The van der Waals surface area contributed by atoms with Crippen LogP contribution in [0, 0.1) is 15.9 Å². The fraction of sp³-hybridized carbons (Fsp3) is 0.240. The molecule has 10 nitrogen and oxygen atoms in total. The summed E-state index contributed by atoms with van der Waals surface area (Å²) in [6.07, 6.45) is 3.87. The number of nitrogens with zero attached hydrogens (tertiary/aromatic N) is 6. The van der Waals surface area contributed by atoms with E-state index in [9.17, 15) is 18.9 Å². The first-order chi connectivity index (χ1) is 18.1. The fourth-order valence-corrected chi connectivity index (χ4v) is 4.27. The van der Waals surface area contributed by atoms with Gasteiger partial charge in [-0.3, -0.25) is 9.36 Å². The lowest BCUT2D eigenvalue weighted by Gasteiger charge is -2.18. The van der Waals surface area contributed by atoms with Crippen LogP contribution in [0.2, 0.25) is 0 Å². The van der Waals surface area contributed by atoms with Crippen molar-refractivity contribution in [2.45, 2.75) is 26.5 Å². The second-order valence-corrected chi connectivity index (χ2v) is 9.14. The normalized spacial score (nSPS) is 11.8. The topological polar surface area (TPSA) is 110 Å². The second kappa shape index (κ2) is 11.1. The average Bonchev–Trinajstić information content (AvgIpc) is 3.47. The maximum atomic E-state index is 14.5. The molecule has 0 amide bonds. The van der Waals surface area contributed by atoms with Gasteiger partial charge >= 0.3 is 5.82 Å². The Hall–Kier alpha value is -4.13. The Kier molecular flexibility index (Phi) is 7.86. The van der Waals surface area contributed by atoms with E-state index in [1.165, 1.54) is 24.4 Å². The van der Waals surface area contributed by atoms with Crippen LogP contribution >= 0.6 is 15.9 Å². The summed E-state index contributed by atoms with van der Waals surface area (Å²) in [5.41, 5.74) is 2.85. The number of benzene rings is 1. The van der Waals surface area contributed by atoms with Crippen LogP contribution in [0.25, 0.3) is 16.8 Å². The molecular weight excluding hydrogens is 566 g/mol. The van der Waals surface area contributed by atoms with Crippen molar-refractivity contribution >= 4 is 27.3 Å². The molecule has 0 radical (unpaired) electrons. The zero-order valence-electron chi connectivity index (χ0n) is 20.7. The molecular formula is C25H23BrF2N6O4. The van der Waals surface area contributed by atoms with Crippen molar-refractivity contribution < 1.29 is 23.2 Å². The fourth-order valence-electron chi connectivity index (χ4n) is 3.96. The van der Waals surface area contributed by atoms with Gasteiger partial charge in [-0.2, -0.15) is 5.10 Å². The number of hydrogen-bond acceptors (Lipinski definition) is 7. The van der Waals surface area contributed by atoms with Crippen LogP contribution in [0.3, 0.4) is 0 Å². The molecule has 198 valence electrons. The van der Waals surface area contributed by atoms with Crippen molar-refractivity contribution in [3.63, 3.8) is 0 Å². The number of hydrogen-bond donors (Lipinski definition) is 0. The van der Waals surface area contributed by atoms with E-state index >= 15 is 0 Å². The van der Waals surface area contributed by atoms with E-state index in [2.05, 4.69) is 37.7 Å². The van der Waals surface area contributed by atoms with E-state index in [1.807, 2.05) is 6.92 Å². The van der Waals surface area contributed by atoms with Gasteiger partial charge in [-0.25, -0.2) is 8.78 Å². The van der Waals surface area contributed by atoms with Gasteiger partial charge < -0.3 is 19.6 Å². The number of aromatic nitrogens is 5. The van der Waals surface area contributed by atoms with Crippen LogP contribution < -0.4 is 9.47 Å². The third-order valence-electron chi connectivity index (χ3n) is 5.71. The molecule has 4 aromatic rings. The van der Waals surface area contributed by atoms with Crippen LogP contribution in [0.15, 0.2) is 53.9 Å². The molecule has 0 unspecified atom stereocenters. The summed E-state index contributed by atoms with van der Waals surface area (Å²) in [4.78, 5) is 14.6. The highest BCUT2D eigenvalue weighted by Crippen LogP contribution is 2.39. The van der Waals surface area contributed by atoms with E-state index < -0.39 is 29.5 Å². The lowest BCUT2D eigenvalue weighted by atomic mass is 9.94. The molecule has 0 fully saturated rings. The molecule has 4 rings (SSSR count). The van der Waals surface area contributed by atoms with E-state index in [-0.39, 0.29) is 11.6 Å². The molecule has 13 heteroatoms. The van der Waals surface area contributed by atoms with E-state index in [4.69, 9.17) is 9.47 Å². The molecule has 0 N–H and O–H groups in total. The van der Waals surface area contributed by atoms with E-state index in [1.54, 1.807) is 41.8 Å². The van der Waals surface area contributed by atoms with Gasteiger partial charge in [0.15, 0.2) is 6.20 Å². The number of alkyl halides is 1. The molecule has 0 aliphatic heterocycles. The first-order valence-electron chi connectivity index (χ1n) is 11.4. The molecule has 0 saturated heterocycles. The van der Waals surface area contributed by atoms with Crippen LogP contribution in [0.1, 0.15) is 36.6 Å². The van der Waals surface area contributed by atoms with Crippen LogP contribution in [-0.4, -0.2) is 36.3 Å². The monoisotopic (exact) mass is 588 g/mol. The van der Waals surface area contributed by atoms with Crippen molar-refractivity contribution in [3.05, 3.63) is 86.5 Å². The number of nitro groups is 1. The lowest BCUT2D eigenvalue weighted by molar-refractivity contribution is -0.390. The van der Waals surface area contributed by atoms with Gasteiger partial charge in [0, 0.05) is 48.7 Å². The van der Waals surface area contributed by atoms with Crippen LogP contribution in [0.4, 0.5) is 14.6 Å². The number of rotatable bonds is 10. The summed E-state index contributed by atoms with van der Waals surface area (Å²) in [7, 11) is 1.72. The zero-order chi connectivity index (χ0) is 27.6. The first kappa shape index (κ1) is 26.9. The Labute approximate surface area is 224 Å². The highest BCUT2D eigenvalue weighted by molar-refractivity contribution is 9.10. The Bertz CT molecular complexity index is 1520. The highest BCUT2D eigenvalue weighted by Gasteiger charge is 2.26. The molecule has 0 saturated carbocycles. The molecule has 0 aliphatic carbocycles. The summed E-state index contributed by atoms with van der Waals surface area (Å²) in [5, 5.41) is 20.3. The minimum atomic E-state index is -1.06. The smallest absolute Gasteiger partial charge is 0.406 e. The maximum Gasteiger partial charge on any atom is 0.406 e. The quantitative estimate of drug-likeness (QED) is 0.165. The minimum absolute atomic E-state index is 0.0830. The third-order valence-corrected chi connectivity index (χ3v) is 6.14. The number of ether oxygens (including phenoxy) is 2.